The van der Waals surface area contributed by atoms with E-state index in [1.165, 1.54) is 6.07 Å². The van der Waals surface area contributed by atoms with Crippen LogP contribution in [-0.4, -0.2) is 23.3 Å². The second-order valence-electron chi connectivity index (χ2n) is 3.99. The first-order chi connectivity index (χ1) is 7.87. The number of nitrogens with two attached hydrogens (primary N) is 1. The minimum atomic E-state index is -4.52. The van der Waals surface area contributed by atoms with Crippen LogP contribution in [0.4, 0.5) is 18.9 Å². The number of aromatic nitrogens is 1. The zero-order chi connectivity index (χ0) is 12.6. The minimum Gasteiger partial charge on any atom is -0.451 e. The van der Waals surface area contributed by atoms with Crippen molar-refractivity contribution in [1.82, 2.24) is 4.57 Å². The highest BCUT2D eigenvalue weighted by Crippen LogP contribution is 2.37. The summed E-state index contributed by atoms with van der Waals surface area (Å²) in [5, 5.41) is 0. The fraction of sp³-hybridized carbons (Fsp3) is 0.500. The number of hydrogen-bond acceptors (Lipinski definition) is 3. The predicted molar refractivity (Wildman–Crippen MR) is 53.5 cm³/mol. The summed E-state index contributed by atoms with van der Waals surface area (Å²) in [6, 6.07) is 1.48. The molecule has 0 unspecified atom stereocenters. The van der Waals surface area contributed by atoms with Gasteiger partial charge in [0.1, 0.15) is 5.69 Å². The summed E-state index contributed by atoms with van der Waals surface area (Å²) in [4.78, 5) is 11.5. The molecule has 0 aromatic carbocycles. The number of nitrogens with zero attached hydrogens (tertiary/aromatic N) is 1. The van der Waals surface area contributed by atoms with Crippen LogP contribution in [0.3, 0.4) is 0 Å². The average molecular weight is 248 g/mol. The highest BCUT2D eigenvalue weighted by Gasteiger charge is 2.32. The fourth-order valence-corrected chi connectivity index (χ4v) is 1.54. The molecule has 1 aromatic heterocycles. The van der Waals surface area contributed by atoms with Crippen molar-refractivity contribution in [3.63, 3.8) is 0 Å². The van der Waals surface area contributed by atoms with Crippen LogP contribution in [0.5, 0.6) is 0 Å². The number of anilines is 1. The second kappa shape index (κ2) is 3.97. The van der Waals surface area contributed by atoms with Gasteiger partial charge in [0.15, 0.2) is 6.61 Å². The second-order valence-corrected chi connectivity index (χ2v) is 3.99. The monoisotopic (exact) mass is 248 g/mol. The van der Waals surface area contributed by atoms with Gasteiger partial charge >= 0.3 is 12.1 Å². The SMILES string of the molecule is Nc1cc(C(=O)OCC(F)(F)F)n(C2CC2)c1. The Kier molecular flexibility index (Phi) is 2.76. The zero-order valence-electron chi connectivity index (χ0n) is 8.83. The first kappa shape index (κ1) is 11.8. The summed E-state index contributed by atoms with van der Waals surface area (Å²) in [7, 11) is 0. The first-order valence-electron chi connectivity index (χ1n) is 5.08. The Hall–Kier alpha value is -1.66. The molecule has 7 heteroatoms. The summed E-state index contributed by atoms with van der Waals surface area (Å²) in [6.07, 6.45) is -1.18. The molecule has 2 N–H and O–H groups in total. The molecular weight excluding hydrogens is 237 g/mol. The molecule has 0 radical (unpaired) electrons. The number of ether oxygens (including phenoxy) is 1. The molecule has 1 heterocycles. The Labute approximate surface area is 95.1 Å². The van der Waals surface area contributed by atoms with E-state index >= 15 is 0 Å². The van der Waals surface area contributed by atoms with Gasteiger partial charge in [0, 0.05) is 12.2 Å². The Morgan fingerprint density at radius 3 is 2.71 bits per heavy atom. The molecule has 1 aromatic rings. The number of halogens is 3. The highest BCUT2D eigenvalue weighted by molar-refractivity contribution is 5.89. The molecule has 1 aliphatic rings. The van der Waals surface area contributed by atoms with Crippen LogP contribution in [0.2, 0.25) is 0 Å². The molecule has 0 saturated heterocycles. The van der Waals surface area contributed by atoms with Crippen LogP contribution in [0.25, 0.3) is 0 Å². The lowest BCUT2D eigenvalue weighted by atomic mass is 10.4. The van der Waals surface area contributed by atoms with Crippen LogP contribution in [0, 0.1) is 0 Å². The van der Waals surface area contributed by atoms with Crippen LogP contribution in [0.15, 0.2) is 12.3 Å². The smallest absolute Gasteiger partial charge is 0.422 e. The van der Waals surface area contributed by atoms with Crippen molar-refractivity contribution in [1.29, 1.82) is 0 Å². The zero-order valence-corrected chi connectivity index (χ0v) is 8.83. The van der Waals surface area contributed by atoms with Gasteiger partial charge in [-0.25, -0.2) is 4.79 Å². The minimum absolute atomic E-state index is 0.0780. The number of rotatable bonds is 3. The van der Waals surface area contributed by atoms with Crippen LogP contribution in [-0.2, 0) is 4.74 Å². The van der Waals surface area contributed by atoms with E-state index in [0.717, 1.165) is 12.8 Å². The maximum Gasteiger partial charge on any atom is 0.422 e. The van der Waals surface area contributed by atoms with E-state index in [4.69, 9.17) is 5.73 Å². The standard InChI is InChI=1S/C10H11F3N2O2/c11-10(12,13)5-17-9(16)8-3-6(14)4-15(8)7-1-2-7/h3-4,7H,1-2,5,14H2. The summed E-state index contributed by atoms with van der Waals surface area (Å²) < 4.78 is 41.5. The van der Waals surface area contributed by atoms with Gasteiger partial charge in [-0.05, 0) is 18.9 Å². The molecule has 17 heavy (non-hydrogen) atoms. The summed E-state index contributed by atoms with van der Waals surface area (Å²) >= 11 is 0. The van der Waals surface area contributed by atoms with Gasteiger partial charge in [-0.15, -0.1) is 0 Å². The molecule has 94 valence electrons. The van der Waals surface area contributed by atoms with Gasteiger partial charge in [0.05, 0.1) is 5.69 Å². The first-order valence-corrected chi connectivity index (χ1v) is 5.08. The highest BCUT2D eigenvalue weighted by atomic mass is 19.4. The molecule has 1 saturated carbocycles. The third kappa shape index (κ3) is 2.92. The van der Waals surface area contributed by atoms with E-state index in [9.17, 15) is 18.0 Å². The van der Waals surface area contributed by atoms with Gasteiger partial charge in [0.25, 0.3) is 0 Å². The Morgan fingerprint density at radius 2 is 2.18 bits per heavy atom. The predicted octanol–water partition coefficient (Wildman–Crippen LogP) is 2.12. The van der Waals surface area contributed by atoms with Crippen LogP contribution in [0.1, 0.15) is 29.4 Å². The van der Waals surface area contributed by atoms with Gasteiger partial charge in [-0.3, -0.25) is 0 Å². The van der Waals surface area contributed by atoms with Crippen LogP contribution < -0.4 is 5.73 Å². The van der Waals surface area contributed by atoms with Gasteiger partial charge in [-0.1, -0.05) is 0 Å². The van der Waals surface area contributed by atoms with Crippen molar-refractivity contribution >= 4 is 11.7 Å². The average Bonchev–Trinajstić information content (AvgIpc) is 2.97. The molecule has 0 amide bonds. The third-order valence-electron chi connectivity index (χ3n) is 2.39. The Morgan fingerprint density at radius 1 is 1.53 bits per heavy atom. The maximum absolute atomic E-state index is 11.9. The molecule has 1 fully saturated rings. The number of esters is 1. The third-order valence-corrected chi connectivity index (χ3v) is 2.39. The summed E-state index contributed by atoms with van der Waals surface area (Å²) in [5.41, 5.74) is 5.94. The lowest BCUT2D eigenvalue weighted by molar-refractivity contribution is -0.161. The van der Waals surface area contributed by atoms with Gasteiger partial charge in [-0.2, -0.15) is 13.2 Å². The molecular formula is C10H11F3N2O2. The molecule has 4 nitrogen and oxygen atoms in total. The van der Waals surface area contributed by atoms with Crippen molar-refractivity contribution in [2.75, 3.05) is 12.3 Å². The Balaban J connectivity index is 2.08. The fourth-order valence-electron chi connectivity index (χ4n) is 1.54. The van der Waals surface area contributed by atoms with E-state index in [2.05, 4.69) is 4.74 Å². The van der Waals surface area contributed by atoms with E-state index in [1.807, 2.05) is 0 Å². The Bertz CT molecular complexity index is 435. The van der Waals surface area contributed by atoms with Crippen LogP contribution >= 0.6 is 0 Å². The quantitative estimate of drug-likeness (QED) is 0.833. The number of carbonyl (C=O) groups excluding carboxylic acids is 1. The number of carbonyl (C=O) groups is 1. The number of hydrogen-bond donors (Lipinski definition) is 1. The van der Waals surface area contributed by atoms with Crippen molar-refractivity contribution in [2.45, 2.75) is 25.1 Å². The molecule has 0 aliphatic heterocycles. The largest absolute Gasteiger partial charge is 0.451 e. The maximum atomic E-state index is 11.9. The number of alkyl halides is 3. The van der Waals surface area contributed by atoms with E-state index in [1.54, 1.807) is 10.8 Å². The van der Waals surface area contributed by atoms with E-state index < -0.39 is 18.8 Å². The summed E-state index contributed by atoms with van der Waals surface area (Å²) in [5.74, 6) is -0.995. The summed E-state index contributed by atoms with van der Waals surface area (Å²) in [6.45, 7) is -1.58. The molecule has 1 aliphatic carbocycles. The molecule has 0 bridgehead atoms. The lowest BCUT2D eigenvalue weighted by Crippen LogP contribution is -2.21. The molecule has 2 rings (SSSR count). The van der Waals surface area contributed by atoms with E-state index in [-0.39, 0.29) is 11.7 Å². The van der Waals surface area contributed by atoms with E-state index in [0.29, 0.717) is 5.69 Å². The van der Waals surface area contributed by atoms with Gasteiger partial charge < -0.3 is 15.0 Å². The van der Waals surface area contributed by atoms with Crippen molar-refractivity contribution < 1.29 is 22.7 Å². The lowest BCUT2D eigenvalue weighted by Gasteiger charge is -2.09. The van der Waals surface area contributed by atoms with Crippen molar-refractivity contribution in [2.24, 2.45) is 0 Å². The normalized spacial score (nSPS) is 15.9. The van der Waals surface area contributed by atoms with Crippen molar-refractivity contribution in [3.05, 3.63) is 18.0 Å². The molecule has 0 spiro atoms. The van der Waals surface area contributed by atoms with Gasteiger partial charge in [0.2, 0.25) is 0 Å². The van der Waals surface area contributed by atoms with Crippen molar-refractivity contribution in [3.8, 4) is 0 Å². The topological polar surface area (TPSA) is 57.3 Å². The number of nitrogen functional groups attached to an aromatic ring is 1. The molecule has 0 atom stereocenters.